The average Bonchev–Trinajstić information content (AvgIpc) is 2.47. The van der Waals surface area contributed by atoms with Crippen LogP contribution in [0, 0.1) is 0 Å². The Bertz CT molecular complexity index is 430. The number of benzene rings is 1. The Morgan fingerprint density at radius 2 is 1.57 bits per heavy atom. The summed E-state index contributed by atoms with van der Waals surface area (Å²) in [5, 5.41) is 0. The van der Waals surface area contributed by atoms with Gasteiger partial charge in [0.25, 0.3) is 0 Å². The second-order valence-electron chi connectivity index (χ2n) is 5.75. The second-order valence-corrected chi connectivity index (χ2v) is 10.1. The van der Waals surface area contributed by atoms with Crippen molar-refractivity contribution in [1.82, 2.24) is 0 Å². The van der Waals surface area contributed by atoms with Crippen LogP contribution in [-0.2, 0) is 8.85 Å². The molecule has 1 rings (SSSR count). The lowest BCUT2D eigenvalue weighted by molar-refractivity contribution is 0.184. The maximum Gasteiger partial charge on any atom is 0.343 e. The molecule has 0 saturated carbocycles. The summed E-state index contributed by atoms with van der Waals surface area (Å²) >= 11 is 0. The third kappa shape index (κ3) is 5.27. The molecule has 0 radical (unpaired) electrons. The van der Waals surface area contributed by atoms with E-state index in [9.17, 15) is 0 Å². The molecular weight excluding hydrogens is 276 g/mol. The van der Waals surface area contributed by atoms with Gasteiger partial charge in [0.1, 0.15) is 0 Å². The smallest absolute Gasteiger partial charge is 0.343 e. The standard InChI is InChI=1S/C18H28O2Si/c1-6-14-19-21(16(2)3,17(4)5)20-15-10-13-18-11-8-7-9-12-18/h6-13,16-17H,1,14-15H2,2-5H3/b13-10+. The zero-order valence-corrected chi connectivity index (χ0v) is 14.7. The molecule has 0 bridgehead atoms. The molecule has 0 fully saturated rings. The van der Waals surface area contributed by atoms with E-state index < -0.39 is 8.56 Å². The van der Waals surface area contributed by atoms with E-state index in [1.807, 2.05) is 18.2 Å². The summed E-state index contributed by atoms with van der Waals surface area (Å²) in [6, 6.07) is 10.3. The van der Waals surface area contributed by atoms with E-state index in [-0.39, 0.29) is 0 Å². The topological polar surface area (TPSA) is 18.5 Å². The Kier molecular flexibility index (Phi) is 7.65. The second kappa shape index (κ2) is 8.98. The maximum absolute atomic E-state index is 6.26. The van der Waals surface area contributed by atoms with E-state index in [4.69, 9.17) is 8.85 Å². The lowest BCUT2D eigenvalue weighted by Crippen LogP contribution is -2.48. The minimum atomic E-state index is -2.23. The highest BCUT2D eigenvalue weighted by Gasteiger charge is 2.44. The van der Waals surface area contributed by atoms with Crippen LogP contribution in [-0.4, -0.2) is 21.8 Å². The predicted molar refractivity (Wildman–Crippen MR) is 93.5 cm³/mol. The largest absolute Gasteiger partial charge is 0.390 e. The molecule has 0 amide bonds. The van der Waals surface area contributed by atoms with Crippen LogP contribution in [0.4, 0.5) is 0 Å². The zero-order chi connectivity index (χ0) is 15.7. The van der Waals surface area contributed by atoms with E-state index in [2.05, 4.69) is 58.6 Å². The van der Waals surface area contributed by atoms with E-state index in [1.54, 1.807) is 6.08 Å². The van der Waals surface area contributed by atoms with Gasteiger partial charge in [-0.05, 0) is 16.6 Å². The minimum absolute atomic E-state index is 0.405. The van der Waals surface area contributed by atoms with Gasteiger partial charge in [-0.25, -0.2) is 0 Å². The molecule has 0 N–H and O–H groups in total. The number of hydrogen-bond acceptors (Lipinski definition) is 2. The molecule has 1 aromatic rings. The van der Waals surface area contributed by atoms with Crippen molar-refractivity contribution < 1.29 is 8.85 Å². The zero-order valence-electron chi connectivity index (χ0n) is 13.7. The summed E-state index contributed by atoms with van der Waals surface area (Å²) in [5.74, 6) is 0. The molecule has 0 spiro atoms. The van der Waals surface area contributed by atoms with Crippen molar-refractivity contribution in [2.24, 2.45) is 0 Å². The summed E-state index contributed by atoms with van der Waals surface area (Å²) < 4.78 is 12.4. The van der Waals surface area contributed by atoms with Crippen molar-refractivity contribution in [2.45, 2.75) is 38.8 Å². The molecule has 0 aromatic heterocycles. The third-order valence-corrected chi connectivity index (χ3v) is 8.01. The van der Waals surface area contributed by atoms with Crippen molar-refractivity contribution in [1.29, 1.82) is 0 Å². The molecule has 0 unspecified atom stereocenters. The Morgan fingerprint density at radius 1 is 1.00 bits per heavy atom. The molecule has 116 valence electrons. The summed E-state index contributed by atoms with van der Waals surface area (Å²) in [7, 11) is -2.23. The molecule has 0 aliphatic rings. The normalized spacial score (nSPS) is 12.5. The van der Waals surface area contributed by atoms with E-state index in [1.165, 1.54) is 5.56 Å². The SMILES string of the molecule is C=CCO[Si](OC/C=C/c1ccccc1)(C(C)C)C(C)C. The predicted octanol–water partition coefficient (Wildman–Crippen LogP) is 5.18. The third-order valence-electron chi connectivity index (χ3n) is 3.55. The van der Waals surface area contributed by atoms with Gasteiger partial charge in [0.05, 0.1) is 13.2 Å². The Hall–Kier alpha value is -1.16. The molecule has 1 aromatic carbocycles. The molecule has 0 saturated heterocycles. The molecular formula is C18H28O2Si. The van der Waals surface area contributed by atoms with E-state index in [0.29, 0.717) is 24.3 Å². The van der Waals surface area contributed by atoms with Crippen LogP contribution >= 0.6 is 0 Å². The Labute approximate surface area is 130 Å². The van der Waals surface area contributed by atoms with Gasteiger partial charge < -0.3 is 8.85 Å². The molecule has 0 atom stereocenters. The summed E-state index contributed by atoms with van der Waals surface area (Å²) in [5.41, 5.74) is 2.00. The monoisotopic (exact) mass is 304 g/mol. The fraction of sp³-hybridized carbons (Fsp3) is 0.444. The lowest BCUT2D eigenvalue weighted by atomic mass is 10.2. The first-order valence-electron chi connectivity index (χ1n) is 7.63. The first-order valence-corrected chi connectivity index (χ1v) is 9.60. The molecule has 0 aliphatic carbocycles. The first-order chi connectivity index (χ1) is 10.0. The fourth-order valence-electron chi connectivity index (χ4n) is 2.49. The minimum Gasteiger partial charge on any atom is -0.390 e. The molecule has 2 nitrogen and oxygen atoms in total. The van der Waals surface area contributed by atoms with Gasteiger partial charge in [0.2, 0.25) is 0 Å². The number of rotatable bonds is 9. The van der Waals surface area contributed by atoms with Crippen molar-refractivity contribution >= 4 is 14.6 Å². The van der Waals surface area contributed by atoms with Crippen LogP contribution in [0.2, 0.25) is 11.1 Å². The van der Waals surface area contributed by atoms with Crippen LogP contribution in [0.1, 0.15) is 33.3 Å². The average molecular weight is 305 g/mol. The van der Waals surface area contributed by atoms with E-state index in [0.717, 1.165) is 0 Å². The molecule has 0 heterocycles. The van der Waals surface area contributed by atoms with Gasteiger partial charge in [-0.1, -0.05) is 76.3 Å². The summed E-state index contributed by atoms with van der Waals surface area (Å²) in [6.45, 7) is 13.7. The van der Waals surface area contributed by atoms with Gasteiger partial charge in [0, 0.05) is 0 Å². The summed E-state index contributed by atoms with van der Waals surface area (Å²) in [4.78, 5) is 0. The van der Waals surface area contributed by atoms with Gasteiger partial charge in [-0.2, -0.15) is 0 Å². The van der Waals surface area contributed by atoms with Crippen LogP contribution in [0.25, 0.3) is 6.08 Å². The Balaban J connectivity index is 2.68. The van der Waals surface area contributed by atoms with Gasteiger partial charge in [-0.15, -0.1) is 6.58 Å². The van der Waals surface area contributed by atoms with E-state index >= 15 is 0 Å². The molecule has 3 heteroatoms. The van der Waals surface area contributed by atoms with Crippen molar-refractivity contribution in [3.63, 3.8) is 0 Å². The lowest BCUT2D eigenvalue weighted by Gasteiger charge is -2.36. The first kappa shape index (κ1) is 17.9. The Morgan fingerprint density at radius 3 is 2.10 bits per heavy atom. The molecule has 21 heavy (non-hydrogen) atoms. The highest BCUT2D eigenvalue weighted by Crippen LogP contribution is 2.34. The van der Waals surface area contributed by atoms with Crippen LogP contribution in [0.15, 0.2) is 49.1 Å². The van der Waals surface area contributed by atoms with Crippen molar-refractivity contribution in [2.75, 3.05) is 13.2 Å². The highest BCUT2D eigenvalue weighted by atomic mass is 28.4. The maximum atomic E-state index is 6.26. The van der Waals surface area contributed by atoms with Gasteiger partial charge in [-0.3, -0.25) is 0 Å². The van der Waals surface area contributed by atoms with Crippen molar-refractivity contribution in [3.05, 3.63) is 54.6 Å². The highest BCUT2D eigenvalue weighted by molar-refractivity contribution is 6.70. The van der Waals surface area contributed by atoms with Crippen LogP contribution < -0.4 is 0 Å². The molecule has 0 aliphatic heterocycles. The van der Waals surface area contributed by atoms with Crippen LogP contribution in [0.5, 0.6) is 0 Å². The fourth-order valence-corrected chi connectivity index (χ4v) is 5.98. The summed E-state index contributed by atoms with van der Waals surface area (Å²) in [6.07, 6.45) is 5.96. The van der Waals surface area contributed by atoms with Gasteiger partial charge >= 0.3 is 8.56 Å². The number of hydrogen-bond donors (Lipinski definition) is 0. The van der Waals surface area contributed by atoms with Crippen molar-refractivity contribution in [3.8, 4) is 0 Å². The van der Waals surface area contributed by atoms with Gasteiger partial charge in [0.15, 0.2) is 0 Å². The quantitative estimate of drug-likeness (QED) is 0.462. The van der Waals surface area contributed by atoms with Crippen LogP contribution in [0.3, 0.4) is 0 Å².